The minimum atomic E-state index is -1.12. The highest BCUT2D eigenvalue weighted by molar-refractivity contribution is 7.21. The molecular formula is C14H14ClSi. The van der Waals surface area contributed by atoms with Gasteiger partial charge in [0.1, 0.15) is 0 Å². The summed E-state index contributed by atoms with van der Waals surface area (Å²) in [6, 6.07) is 16.7. The molecule has 0 aliphatic rings. The van der Waals surface area contributed by atoms with E-state index in [2.05, 4.69) is 44.2 Å². The first-order valence-electron chi connectivity index (χ1n) is 5.34. The summed E-state index contributed by atoms with van der Waals surface area (Å²) >= 11 is 6.61. The highest BCUT2D eigenvalue weighted by Gasteiger charge is 2.16. The van der Waals surface area contributed by atoms with Gasteiger partial charge in [-0.05, 0) is 35.3 Å². The largest absolute Gasteiger partial charge is 0.234 e. The van der Waals surface area contributed by atoms with Crippen molar-refractivity contribution in [3.8, 4) is 0 Å². The van der Waals surface area contributed by atoms with E-state index in [4.69, 9.17) is 11.1 Å². The van der Waals surface area contributed by atoms with Crippen LogP contribution in [0.3, 0.4) is 0 Å². The van der Waals surface area contributed by atoms with Crippen LogP contribution in [0.1, 0.15) is 11.1 Å². The molecule has 0 fully saturated rings. The lowest BCUT2D eigenvalue weighted by molar-refractivity contribution is 1.37. The third-order valence-corrected chi connectivity index (χ3v) is 5.99. The average Bonchev–Trinajstić information content (AvgIpc) is 2.33. The van der Waals surface area contributed by atoms with Crippen LogP contribution in [-0.4, -0.2) is 8.11 Å². The third kappa shape index (κ3) is 2.21. The maximum absolute atomic E-state index is 6.61. The molecule has 0 saturated heterocycles. The van der Waals surface area contributed by atoms with Gasteiger partial charge in [0.15, 0.2) is 0 Å². The Balaban J connectivity index is 2.42. The highest BCUT2D eigenvalue weighted by atomic mass is 35.6. The maximum atomic E-state index is 6.61. The zero-order chi connectivity index (χ0) is 11.5. The molecule has 0 N–H and O–H groups in total. The Morgan fingerprint density at radius 1 is 0.875 bits per heavy atom. The fraction of sp³-hybridized carbons (Fsp3) is 0.143. The van der Waals surface area contributed by atoms with Gasteiger partial charge < -0.3 is 0 Å². The molecule has 0 spiro atoms. The average molecular weight is 246 g/mol. The smallest absolute Gasteiger partial charge is 0.156 e. The van der Waals surface area contributed by atoms with Gasteiger partial charge in [0.25, 0.3) is 0 Å². The molecule has 81 valence electrons. The Morgan fingerprint density at radius 3 is 2.25 bits per heavy atom. The number of rotatable bonds is 2. The highest BCUT2D eigenvalue weighted by Crippen LogP contribution is 2.06. The van der Waals surface area contributed by atoms with Gasteiger partial charge in [-0.15, -0.1) is 0 Å². The second-order valence-electron chi connectivity index (χ2n) is 3.93. The van der Waals surface area contributed by atoms with Crippen LogP contribution in [0.25, 0.3) is 0 Å². The van der Waals surface area contributed by atoms with E-state index in [9.17, 15) is 0 Å². The molecule has 0 nitrogen and oxygen atoms in total. The first kappa shape index (κ1) is 11.4. The monoisotopic (exact) mass is 245 g/mol. The molecule has 0 bridgehead atoms. The molecule has 0 saturated carbocycles. The molecule has 0 aromatic heterocycles. The first-order chi connectivity index (χ1) is 7.70. The van der Waals surface area contributed by atoms with Crippen molar-refractivity contribution in [3.05, 3.63) is 59.7 Å². The topological polar surface area (TPSA) is 0 Å². The molecule has 0 amide bonds. The number of halogens is 1. The minimum absolute atomic E-state index is 1.12. The van der Waals surface area contributed by atoms with E-state index >= 15 is 0 Å². The van der Waals surface area contributed by atoms with Gasteiger partial charge in [0.2, 0.25) is 8.11 Å². The van der Waals surface area contributed by atoms with Gasteiger partial charge in [-0.2, -0.15) is 11.1 Å². The van der Waals surface area contributed by atoms with Crippen molar-refractivity contribution in [1.29, 1.82) is 0 Å². The maximum Gasteiger partial charge on any atom is 0.234 e. The Labute approximate surface area is 103 Å². The summed E-state index contributed by atoms with van der Waals surface area (Å²) in [7, 11) is -1.12. The lowest BCUT2D eigenvalue weighted by Crippen LogP contribution is -2.38. The van der Waals surface area contributed by atoms with E-state index in [0.29, 0.717) is 0 Å². The Morgan fingerprint density at radius 2 is 1.56 bits per heavy atom. The van der Waals surface area contributed by atoms with Gasteiger partial charge in [-0.25, -0.2) is 0 Å². The molecular weight excluding hydrogens is 232 g/mol. The van der Waals surface area contributed by atoms with E-state index in [1.54, 1.807) is 0 Å². The summed E-state index contributed by atoms with van der Waals surface area (Å²) in [6.07, 6.45) is 0. The number of hydrogen-bond donors (Lipinski definition) is 0. The van der Waals surface area contributed by atoms with Gasteiger partial charge in [-0.1, -0.05) is 48.5 Å². The molecule has 2 rings (SSSR count). The van der Waals surface area contributed by atoms with Crippen LogP contribution in [0.2, 0.25) is 0 Å². The second kappa shape index (κ2) is 4.85. The normalized spacial score (nSPS) is 10.8. The van der Waals surface area contributed by atoms with Crippen molar-refractivity contribution >= 4 is 29.6 Å². The van der Waals surface area contributed by atoms with Gasteiger partial charge in [-0.3, -0.25) is 0 Å². The van der Waals surface area contributed by atoms with Crippen molar-refractivity contribution in [2.24, 2.45) is 0 Å². The zero-order valence-electron chi connectivity index (χ0n) is 9.50. The standard InChI is InChI=1S/C14H14ClSi/c1-11-7-6-10-14(12(11)2)16(15)13-8-4-3-5-9-13/h3-10H,1-2H3. The number of aryl methyl sites for hydroxylation is 1. The van der Waals surface area contributed by atoms with E-state index < -0.39 is 8.11 Å². The fourth-order valence-electron chi connectivity index (χ4n) is 1.73. The summed E-state index contributed by atoms with van der Waals surface area (Å²) in [5.74, 6) is 0. The van der Waals surface area contributed by atoms with Gasteiger partial charge in [0.05, 0.1) is 0 Å². The van der Waals surface area contributed by atoms with Crippen LogP contribution >= 0.6 is 11.1 Å². The Kier molecular flexibility index (Phi) is 3.47. The molecule has 16 heavy (non-hydrogen) atoms. The first-order valence-corrected chi connectivity index (χ1v) is 7.86. The molecule has 0 heterocycles. The van der Waals surface area contributed by atoms with Crippen LogP contribution < -0.4 is 10.4 Å². The molecule has 2 aromatic carbocycles. The molecule has 0 aliphatic carbocycles. The molecule has 0 aliphatic heterocycles. The van der Waals surface area contributed by atoms with E-state index in [-0.39, 0.29) is 0 Å². The molecule has 2 heteroatoms. The third-order valence-electron chi connectivity index (χ3n) is 2.87. The van der Waals surface area contributed by atoms with Crippen LogP contribution in [-0.2, 0) is 0 Å². The predicted molar refractivity (Wildman–Crippen MR) is 73.2 cm³/mol. The summed E-state index contributed by atoms with van der Waals surface area (Å²) in [4.78, 5) is 0. The molecule has 2 aromatic rings. The van der Waals surface area contributed by atoms with Crippen molar-refractivity contribution in [1.82, 2.24) is 0 Å². The Hall–Kier alpha value is -1.05. The number of hydrogen-bond acceptors (Lipinski definition) is 0. The summed E-state index contributed by atoms with van der Waals surface area (Å²) < 4.78 is 0. The van der Waals surface area contributed by atoms with Crippen molar-refractivity contribution in [2.75, 3.05) is 0 Å². The van der Waals surface area contributed by atoms with Gasteiger partial charge >= 0.3 is 0 Å². The van der Waals surface area contributed by atoms with Crippen LogP contribution in [0.15, 0.2) is 48.5 Å². The second-order valence-corrected chi connectivity index (χ2v) is 6.81. The fourth-order valence-corrected chi connectivity index (χ4v) is 4.29. The SMILES string of the molecule is Cc1cccc([Si](Cl)c2ccccc2)c1C. The van der Waals surface area contributed by atoms with Crippen LogP contribution in [0.5, 0.6) is 0 Å². The molecule has 1 radical (unpaired) electrons. The lowest BCUT2D eigenvalue weighted by Gasteiger charge is -2.12. The minimum Gasteiger partial charge on any atom is -0.156 e. The van der Waals surface area contributed by atoms with Crippen molar-refractivity contribution in [2.45, 2.75) is 13.8 Å². The predicted octanol–water partition coefficient (Wildman–Crippen LogP) is 2.65. The van der Waals surface area contributed by atoms with E-state index in [1.165, 1.54) is 21.5 Å². The Bertz CT molecular complexity index is 479. The molecule has 0 unspecified atom stereocenters. The van der Waals surface area contributed by atoms with E-state index in [1.807, 2.05) is 18.2 Å². The van der Waals surface area contributed by atoms with Crippen molar-refractivity contribution < 1.29 is 0 Å². The van der Waals surface area contributed by atoms with Gasteiger partial charge in [0, 0.05) is 0 Å². The summed E-state index contributed by atoms with van der Waals surface area (Å²) in [5.41, 5.74) is 2.65. The summed E-state index contributed by atoms with van der Waals surface area (Å²) in [5, 5.41) is 2.56. The summed E-state index contributed by atoms with van der Waals surface area (Å²) in [6.45, 7) is 4.29. The lowest BCUT2D eigenvalue weighted by atomic mass is 10.1. The van der Waals surface area contributed by atoms with Crippen LogP contribution in [0.4, 0.5) is 0 Å². The zero-order valence-corrected chi connectivity index (χ0v) is 11.3. The molecule has 0 atom stereocenters. The quantitative estimate of drug-likeness (QED) is 0.564. The van der Waals surface area contributed by atoms with Crippen molar-refractivity contribution in [3.63, 3.8) is 0 Å². The number of benzene rings is 2. The van der Waals surface area contributed by atoms with Crippen LogP contribution in [0, 0.1) is 13.8 Å². The van der Waals surface area contributed by atoms with E-state index in [0.717, 1.165) is 0 Å².